The second-order valence-corrected chi connectivity index (χ2v) is 8.17. The van der Waals surface area contributed by atoms with Crippen LogP contribution in [0.25, 0.3) is 11.1 Å². The third kappa shape index (κ3) is 4.06. The number of likely N-dealkylation sites (N-methyl/N-ethyl adjacent to an activating group) is 1. The van der Waals surface area contributed by atoms with Crippen molar-refractivity contribution in [1.82, 2.24) is 19.2 Å². The second kappa shape index (κ2) is 7.48. The molecule has 1 N–H and O–H groups in total. The zero-order valence-electron chi connectivity index (χ0n) is 14.7. The van der Waals surface area contributed by atoms with Crippen molar-refractivity contribution < 1.29 is 13.2 Å². The molecule has 8 nitrogen and oxygen atoms in total. The minimum absolute atomic E-state index is 0.164. The first-order chi connectivity index (χ1) is 12.4. The minimum atomic E-state index is -3.59. The van der Waals surface area contributed by atoms with E-state index in [1.54, 1.807) is 30.6 Å². The summed E-state index contributed by atoms with van der Waals surface area (Å²) >= 11 is 0. The summed E-state index contributed by atoms with van der Waals surface area (Å²) in [7, 11) is -1.61. The number of nitrogens with zero attached hydrogens (tertiary/aromatic N) is 4. The van der Waals surface area contributed by atoms with E-state index < -0.39 is 10.0 Å². The minimum Gasteiger partial charge on any atom is -0.311 e. The van der Waals surface area contributed by atoms with E-state index in [4.69, 9.17) is 0 Å². The van der Waals surface area contributed by atoms with Crippen LogP contribution in [0.1, 0.15) is 6.92 Å². The number of carbonyl (C=O) groups excluding carboxylic acids is 1. The van der Waals surface area contributed by atoms with Crippen molar-refractivity contribution in [3.63, 3.8) is 0 Å². The van der Waals surface area contributed by atoms with Gasteiger partial charge >= 0.3 is 0 Å². The Morgan fingerprint density at radius 3 is 2.54 bits per heavy atom. The van der Waals surface area contributed by atoms with E-state index in [0.717, 1.165) is 5.56 Å². The van der Waals surface area contributed by atoms with Crippen LogP contribution in [0.4, 0.5) is 5.82 Å². The molecule has 2 aromatic heterocycles. The number of nitrogens with one attached hydrogen (secondary N) is 1. The second-order valence-electron chi connectivity index (χ2n) is 6.23. The number of rotatable bonds is 4. The van der Waals surface area contributed by atoms with Crippen LogP contribution in [0.15, 0.2) is 41.7 Å². The predicted molar refractivity (Wildman–Crippen MR) is 98.0 cm³/mol. The SMILES string of the molecule is CC(=O)Nc1cc(-c2cncc(S(=O)(=O)N3CCN(C)CC3)c2)ccn1. The van der Waals surface area contributed by atoms with Gasteiger partial charge in [0.15, 0.2) is 0 Å². The molecule has 1 fully saturated rings. The van der Waals surface area contributed by atoms with Crippen molar-refractivity contribution in [1.29, 1.82) is 0 Å². The summed E-state index contributed by atoms with van der Waals surface area (Å²) in [6.45, 7) is 3.74. The van der Waals surface area contributed by atoms with Gasteiger partial charge in [-0.2, -0.15) is 4.31 Å². The summed E-state index contributed by atoms with van der Waals surface area (Å²) in [6.07, 6.45) is 4.52. The van der Waals surface area contributed by atoms with Crippen LogP contribution >= 0.6 is 0 Å². The van der Waals surface area contributed by atoms with Crippen LogP contribution in [0.5, 0.6) is 0 Å². The van der Waals surface area contributed by atoms with Gasteiger partial charge in [0.25, 0.3) is 0 Å². The average Bonchev–Trinajstić information content (AvgIpc) is 2.62. The Labute approximate surface area is 152 Å². The van der Waals surface area contributed by atoms with Gasteiger partial charge in [-0.15, -0.1) is 0 Å². The summed E-state index contributed by atoms with van der Waals surface area (Å²) in [5.41, 5.74) is 1.38. The van der Waals surface area contributed by atoms with Crippen molar-refractivity contribution in [3.8, 4) is 11.1 Å². The van der Waals surface area contributed by atoms with Gasteiger partial charge in [-0.05, 0) is 30.8 Å². The maximum absolute atomic E-state index is 12.9. The molecular formula is C17H21N5O3S. The summed E-state index contributed by atoms with van der Waals surface area (Å²) in [5, 5.41) is 2.61. The van der Waals surface area contributed by atoms with Crippen molar-refractivity contribution in [2.24, 2.45) is 0 Å². The van der Waals surface area contributed by atoms with Gasteiger partial charge in [0, 0.05) is 57.3 Å². The molecule has 0 bridgehead atoms. The van der Waals surface area contributed by atoms with Crippen LogP contribution in [-0.4, -0.2) is 66.7 Å². The first-order valence-corrected chi connectivity index (χ1v) is 9.68. The highest BCUT2D eigenvalue weighted by atomic mass is 32.2. The number of piperazine rings is 1. The van der Waals surface area contributed by atoms with E-state index in [0.29, 0.717) is 37.6 Å². The Bertz CT molecular complexity index is 908. The normalized spacial score (nSPS) is 16.4. The molecule has 0 radical (unpaired) electrons. The molecule has 1 aliphatic heterocycles. The Kier molecular flexibility index (Phi) is 5.30. The fourth-order valence-corrected chi connectivity index (χ4v) is 4.17. The van der Waals surface area contributed by atoms with E-state index in [1.807, 2.05) is 7.05 Å². The number of carbonyl (C=O) groups is 1. The molecule has 9 heteroatoms. The van der Waals surface area contributed by atoms with Gasteiger partial charge in [0.05, 0.1) is 0 Å². The number of hydrogen-bond donors (Lipinski definition) is 1. The highest BCUT2D eigenvalue weighted by Crippen LogP contribution is 2.25. The molecule has 26 heavy (non-hydrogen) atoms. The van der Waals surface area contributed by atoms with Crippen molar-refractivity contribution >= 4 is 21.7 Å². The lowest BCUT2D eigenvalue weighted by Gasteiger charge is -2.31. The predicted octanol–water partition coefficient (Wildman–Crippen LogP) is 1.04. The summed E-state index contributed by atoms with van der Waals surface area (Å²) < 4.78 is 27.3. The Morgan fingerprint density at radius 1 is 1.12 bits per heavy atom. The smallest absolute Gasteiger partial charge is 0.244 e. The van der Waals surface area contributed by atoms with E-state index >= 15 is 0 Å². The maximum Gasteiger partial charge on any atom is 0.244 e. The molecule has 0 aromatic carbocycles. The van der Waals surface area contributed by atoms with E-state index in [1.165, 1.54) is 17.4 Å². The van der Waals surface area contributed by atoms with E-state index in [-0.39, 0.29) is 10.8 Å². The molecule has 2 aromatic rings. The summed E-state index contributed by atoms with van der Waals surface area (Å²) in [6, 6.07) is 5.03. The van der Waals surface area contributed by atoms with Gasteiger partial charge in [-0.25, -0.2) is 13.4 Å². The van der Waals surface area contributed by atoms with Crippen LogP contribution in [0.3, 0.4) is 0 Å². The van der Waals surface area contributed by atoms with Crippen LogP contribution in [-0.2, 0) is 14.8 Å². The average molecular weight is 375 g/mol. The van der Waals surface area contributed by atoms with Gasteiger partial charge in [0.2, 0.25) is 15.9 Å². The molecule has 1 amide bonds. The lowest BCUT2D eigenvalue weighted by Crippen LogP contribution is -2.47. The van der Waals surface area contributed by atoms with E-state index in [2.05, 4.69) is 20.2 Å². The molecule has 3 rings (SSSR count). The van der Waals surface area contributed by atoms with Gasteiger partial charge in [-0.3, -0.25) is 9.78 Å². The fourth-order valence-electron chi connectivity index (χ4n) is 2.75. The zero-order valence-corrected chi connectivity index (χ0v) is 15.5. The lowest BCUT2D eigenvalue weighted by molar-refractivity contribution is -0.114. The number of sulfonamides is 1. The number of aromatic nitrogens is 2. The largest absolute Gasteiger partial charge is 0.311 e. The Morgan fingerprint density at radius 2 is 1.85 bits per heavy atom. The van der Waals surface area contributed by atoms with Crippen molar-refractivity contribution in [2.75, 3.05) is 38.5 Å². The molecule has 0 saturated carbocycles. The summed E-state index contributed by atoms with van der Waals surface area (Å²) in [5.74, 6) is 0.182. The Hall–Kier alpha value is -2.36. The lowest BCUT2D eigenvalue weighted by atomic mass is 10.1. The van der Waals surface area contributed by atoms with E-state index in [9.17, 15) is 13.2 Å². The van der Waals surface area contributed by atoms with Crippen molar-refractivity contribution in [3.05, 3.63) is 36.8 Å². The quantitative estimate of drug-likeness (QED) is 0.858. The Balaban J connectivity index is 1.90. The van der Waals surface area contributed by atoms with Crippen LogP contribution < -0.4 is 5.32 Å². The molecule has 138 valence electrons. The monoisotopic (exact) mass is 375 g/mol. The third-order valence-corrected chi connectivity index (χ3v) is 6.07. The molecule has 3 heterocycles. The first-order valence-electron chi connectivity index (χ1n) is 8.24. The topological polar surface area (TPSA) is 95.5 Å². The summed E-state index contributed by atoms with van der Waals surface area (Å²) in [4.78, 5) is 21.6. The standard InChI is InChI=1S/C17H21N5O3S/c1-13(23)20-17-10-14(3-4-19-17)15-9-16(12-18-11-15)26(24,25)22-7-5-21(2)6-8-22/h3-4,9-12H,5-8H2,1-2H3,(H,19,20,23). The first kappa shape index (κ1) is 18.4. The third-order valence-electron chi connectivity index (χ3n) is 4.21. The van der Waals surface area contributed by atoms with Crippen molar-refractivity contribution in [2.45, 2.75) is 11.8 Å². The maximum atomic E-state index is 12.9. The molecule has 0 atom stereocenters. The zero-order chi connectivity index (χ0) is 18.7. The van der Waals surface area contributed by atoms with Crippen LogP contribution in [0, 0.1) is 0 Å². The highest BCUT2D eigenvalue weighted by molar-refractivity contribution is 7.89. The number of pyridine rings is 2. The van der Waals surface area contributed by atoms with Crippen LogP contribution in [0.2, 0.25) is 0 Å². The van der Waals surface area contributed by atoms with Gasteiger partial charge in [0.1, 0.15) is 10.7 Å². The molecule has 1 saturated heterocycles. The number of amides is 1. The number of hydrogen-bond acceptors (Lipinski definition) is 6. The van der Waals surface area contributed by atoms with Gasteiger partial charge in [-0.1, -0.05) is 0 Å². The molecular weight excluding hydrogens is 354 g/mol. The number of anilines is 1. The molecule has 1 aliphatic rings. The highest BCUT2D eigenvalue weighted by Gasteiger charge is 2.28. The molecule has 0 aliphatic carbocycles. The fraction of sp³-hybridized carbons (Fsp3) is 0.353. The molecule has 0 unspecified atom stereocenters. The molecule has 0 spiro atoms. The van der Waals surface area contributed by atoms with Gasteiger partial charge < -0.3 is 10.2 Å².